The van der Waals surface area contributed by atoms with Crippen LogP contribution in [0.2, 0.25) is 0 Å². The van der Waals surface area contributed by atoms with E-state index in [1.807, 2.05) is 34.6 Å². The zero-order chi connectivity index (χ0) is 16.2. The second kappa shape index (κ2) is 6.89. The summed E-state index contributed by atoms with van der Waals surface area (Å²) in [5, 5.41) is 12.6. The molecule has 0 aliphatic heterocycles. The van der Waals surface area contributed by atoms with Crippen LogP contribution < -0.4 is 10.9 Å². The van der Waals surface area contributed by atoms with Crippen LogP contribution in [0, 0.1) is 11.3 Å². The Kier molecular flexibility index (Phi) is 5.72. The van der Waals surface area contributed by atoms with Crippen LogP contribution in [0.1, 0.15) is 50.7 Å². The number of aromatic nitrogens is 1. The fourth-order valence-electron chi connectivity index (χ4n) is 1.88. The van der Waals surface area contributed by atoms with Crippen molar-refractivity contribution in [3.8, 4) is 0 Å². The highest BCUT2D eigenvalue weighted by Crippen LogP contribution is 2.18. The highest BCUT2D eigenvalue weighted by molar-refractivity contribution is 5.94. The lowest BCUT2D eigenvalue weighted by atomic mass is 9.89. The van der Waals surface area contributed by atoms with Gasteiger partial charge in [0.25, 0.3) is 5.91 Å². The first kappa shape index (κ1) is 17.4. The summed E-state index contributed by atoms with van der Waals surface area (Å²) in [6.07, 6.45) is 0.0691. The first-order valence-electron chi connectivity index (χ1n) is 7.29. The van der Waals surface area contributed by atoms with Gasteiger partial charge in [-0.1, -0.05) is 34.6 Å². The number of carbonyl (C=O) groups excluding carboxylic acids is 1. The second-order valence-electron chi connectivity index (χ2n) is 6.95. The molecule has 0 bridgehead atoms. The molecule has 0 fully saturated rings. The van der Waals surface area contributed by atoms with E-state index >= 15 is 0 Å². The SMILES string of the molecule is CC(C)Cc1cc(C(=O)NCC(O)C(C)(C)C)cc(=O)[nH]1. The predicted molar refractivity (Wildman–Crippen MR) is 83.4 cm³/mol. The third-order valence-electron chi connectivity index (χ3n) is 3.25. The van der Waals surface area contributed by atoms with Crippen molar-refractivity contribution in [2.45, 2.75) is 47.1 Å². The molecule has 0 saturated carbocycles. The lowest BCUT2D eigenvalue weighted by Gasteiger charge is -2.25. The van der Waals surface area contributed by atoms with Crippen molar-refractivity contribution in [1.29, 1.82) is 0 Å². The normalized spacial score (nSPS) is 13.3. The van der Waals surface area contributed by atoms with E-state index in [4.69, 9.17) is 0 Å². The Bertz CT molecular complexity index is 541. The summed E-state index contributed by atoms with van der Waals surface area (Å²) in [6.45, 7) is 9.96. The van der Waals surface area contributed by atoms with Crippen LogP contribution >= 0.6 is 0 Å². The second-order valence-corrected chi connectivity index (χ2v) is 6.95. The lowest BCUT2D eigenvalue weighted by molar-refractivity contribution is 0.0587. The molecule has 0 radical (unpaired) electrons. The van der Waals surface area contributed by atoms with E-state index in [-0.39, 0.29) is 23.4 Å². The van der Waals surface area contributed by atoms with Gasteiger partial charge < -0.3 is 15.4 Å². The number of hydrogen-bond acceptors (Lipinski definition) is 3. The van der Waals surface area contributed by atoms with E-state index < -0.39 is 6.10 Å². The van der Waals surface area contributed by atoms with Gasteiger partial charge in [-0.25, -0.2) is 0 Å². The Hall–Kier alpha value is -1.62. The summed E-state index contributed by atoms with van der Waals surface area (Å²) >= 11 is 0. The molecular formula is C16H26N2O3. The van der Waals surface area contributed by atoms with Crippen molar-refractivity contribution in [3.05, 3.63) is 33.7 Å². The van der Waals surface area contributed by atoms with Crippen molar-refractivity contribution in [1.82, 2.24) is 10.3 Å². The summed E-state index contributed by atoms with van der Waals surface area (Å²) < 4.78 is 0. The molecule has 0 aliphatic carbocycles. The Morgan fingerprint density at radius 3 is 2.48 bits per heavy atom. The maximum atomic E-state index is 12.1. The van der Waals surface area contributed by atoms with Gasteiger partial charge >= 0.3 is 0 Å². The van der Waals surface area contributed by atoms with Gasteiger partial charge in [0.2, 0.25) is 5.56 Å². The molecular weight excluding hydrogens is 268 g/mol. The molecule has 0 aliphatic rings. The minimum absolute atomic E-state index is 0.161. The highest BCUT2D eigenvalue weighted by atomic mass is 16.3. The van der Waals surface area contributed by atoms with E-state index in [1.165, 1.54) is 6.07 Å². The van der Waals surface area contributed by atoms with Gasteiger partial charge in [-0.15, -0.1) is 0 Å². The lowest BCUT2D eigenvalue weighted by Crippen LogP contribution is -2.39. The van der Waals surface area contributed by atoms with Crippen molar-refractivity contribution < 1.29 is 9.90 Å². The molecule has 5 heteroatoms. The zero-order valence-electron chi connectivity index (χ0n) is 13.5. The minimum Gasteiger partial charge on any atom is -0.391 e. The zero-order valence-corrected chi connectivity index (χ0v) is 13.5. The van der Waals surface area contributed by atoms with E-state index in [1.54, 1.807) is 6.07 Å². The van der Waals surface area contributed by atoms with E-state index in [0.717, 1.165) is 5.69 Å². The third kappa shape index (κ3) is 5.71. The fourth-order valence-corrected chi connectivity index (χ4v) is 1.88. The Morgan fingerprint density at radius 1 is 1.33 bits per heavy atom. The molecule has 1 aromatic heterocycles. The molecule has 21 heavy (non-hydrogen) atoms. The van der Waals surface area contributed by atoms with Crippen molar-refractivity contribution in [3.63, 3.8) is 0 Å². The summed E-state index contributed by atoms with van der Waals surface area (Å²) in [5.74, 6) is 0.0519. The smallest absolute Gasteiger partial charge is 0.251 e. The van der Waals surface area contributed by atoms with E-state index in [2.05, 4.69) is 10.3 Å². The van der Waals surface area contributed by atoms with Gasteiger partial charge in [0.15, 0.2) is 0 Å². The number of aromatic amines is 1. The fraction of sp³-hybridized carbons (Fsp3) is 0.625. The molecule has 1 unspecified atom stereocenters. The average molecular weight is 294 g/mol. The maximum Gasteiger partial charge on any atom is 0.251 e. The number of amides is 1. The van der Waals surface area contributed by atoms with E-state index in [0.29, 0.717) is 17.9 Å². The number of aliphatic hydroxyl groups excluding tert-OH is 1. The molecule has 1 atom stereocenters. The number of rotatable bonds is 5. The molecule has 1 rings (SSSR count). The molecule has 1 amide bonds. The predicted octanol–water partition coefficient (Wildman–Crippen LogP) is 1.71. The quantitative estimate of drug-likeness (QED) is 0.773. The van der Waals surface area contributed by atoms with Gasteiger partial charge in [0, 0.05) is 23.9 Å². The first-order chi connectivity index (χ1) is 9.59. The number of aliphatic hydroxyl groups is 1. The summed E-state index contributed by atoms with van der Waals surface area (Å²) in [7, 11) is 0. The number of hydrogen-bond donors (Lipinski definition) is 3. The van der Waals surface area contributed by atoms with Crippen molar-refractivity contribution in [2.24, 2.45) is 11.3 Å². The van der Waals surface area contributed by atoms with Gasteiger partial charge in [0.05, 0.1) is 6.10 Å². The molecule has 1 heterocycles. The molecule has 118 valence electrons. The van der Waals surface area contributed by atoms with Crippen LogP contribution in [-0.2, 0) is 6.42 Å². The standard InChI is InChI=1S/C16H26N2O3/c1-10(2)6-12-7-11(8-14(20)18-12)15(21)17-9-13(19)16(3,4)5/h7-8,10,13,19H,6,9H2,1-5H3,(H,17,21)(H,18,20). The van der Waals surface area contributed by atoms with Gasteiger partial charge in [-0.2, -0.15) is 0 Å². The maximum absolute atomic E-state index is 12.1. The number of H-pyrrole nitrogens is 1. The van der Waals surface area contributed by atoms with Gasteiger partial charge in [0.1, 0.15) is 0 Å². The van der Waals surface area contributed by atoms with Crippen LogP contribution in [0.15, 0.2) is 16.9 Å². The van der Waals surface area contributed by atoms with Crippen LogP contribution in [0.4, 0.5) is 0 Å². The topological polar surface area (TPSA) is 82.2 Å². The van der Waals surface area contributed by atoms with Crippen LogP contribution in [0.3, 0.4) is 0 Å². The molecule has 0 saturated heterocycles. The summed E-state index contributed by atoms with van der Waals surface area (Å²) in [4.78, 5) is 26.4. The molecule has 3 N–H and O–H groups in total. The Morgan fingerprint density at radius 2 is 1.95 bits per heavy atom. The highest BCUT2D eigenvalue weighted by Gasteiger charge is 2.22. The summed E-state index contributed by atoms with van der Waals surface area (Å²) in [5.41, 5.74) is 0.494. The van der Waals surface area contributed by atoms with Gasteiger partial charge in [-0.3, -0.25) is 9.59 Å². The summed E-state index contributed by atoms with van der Waals surface area (Å²) in [6, 6.07) is 2.98. The van der Waals surface area contributed by atoms with Gasteiger partial charge in [-0.05, 0) is 23.8 Å². The molecule has 0 aromatic carbocycles. The van der Waals surface area contributed by atoms with Crippen molar-refractivity contribution >= 4 is 5.91 Å². The van der Waals surface area contributed by atoms with Crippen LogP contribution in [0.5, 0.6) is 0 Å². The minimum atomic E-state index is -0.640. The molecule has 0 spiro atoms. The monoisotopic (exact) mass is 294 g/mol. The Labute approximate surface area is 125 Å². The first-order valence-corrected chi connectivity index (χ1v) is 7.29. The Balaban J connectivity index is 2.79. The number of nitrogens with one attached hydrogen (secondary N) is 2. The van der Waals surface area contributed by atoms with Crippen LogP contribution in [0.25, 0.3) is 0 Å². The van der Waals surface area contributed by atoms with E-state index in [9.17, 15) is 14.7 Å². The number of carbonyl (C=O) groups is 1. The number of pyridine rings is 1. The molecule has 1 aromatic rings. The largest absolute Gasteiger partial charge is 0.391 e. The van der Waals surface area contributed by atoms with Crippen molar-refractivity contribution in [2.75, 3.05) is 6.54 Å². The van der Waals surface area contributed by atoms with Crippen LogP contribution in [-0.4, -0.2) is 28.6 Å². The third-order valence-corrected chi connectivity index (χ3v) is 3.25. The molecule has 5 nitrogen and oxygen atoms in total. The average Bonchev–Trinajstić information content (AvgIpc) is 2.32.